The van der Waals surface area contributed by atoms with Crippen LogP contribution in [0.3, 0.4) is 0 Å². The Labute approximate surface area is 91.6 Å². The van der Waals surface area contributed by atoms with E-state index in [4.69, 9.17) is 23.8 Å². The zero-order chi connectivity index (χ0) is 10.8. The third kappa shape index (κ3) is 2.64. The molecule has 5 heteroatoms. The van der Waals surface area contributed by atoms with Gasteiger partial charge in [-0.05, 0) is 13.8 Å². The Hall–Kier alpha value is 0.260. The van der Waals surface area contributed by atoms with Crippen molar-refractivity contribution in [3.63, 3.8) is 0 Å². The number of methoxy groups -OCH3 is 1. The number of hydrogen-bond donors (Lipinski definition) is 0. The van der Waals surface area contributed by atoms with Crippen LogP contribution in [0.15, 0.2) is 12.7 Å². The van der Waals surface area contributed by atoms with Crippen molar-refractivity contribution in [3.8, 4) is 0 Å². The Balaban J connectivity index is 2.60. The van der Waals surface area contributed by atoms with Crippen LogP contribution in [0, 0.1) is 0 Å². The third-order valence-corrected chi connectivity index (χ3v) is 4.78. The van der Waals surface area contributed by atoms with Crippen molar-refractivity contribution in [1.29, 1.82) is 0 Å². The molecule has 0 N–H and O–H groups in total. The maximum absolute atomic E-state index is 6.14. The molecule has 1 aliphatic rings. The monoisotopic (exact) mass is 240 g/mol. The van der Waals surface area contributed by atoms with Crippen LogP contribution in [-0.2, 0) is 13.1 Å². The number of rotatable bonds is 4. The minimum Gasteiger partial charge on any atom is -0.376 e. The standard InChI is InChI=1S/C9H17ClO3S/c1-5-6-14(10)12-7-8(13-14)9(2,3)11-4/h5,8H,1,6-7H2,2-4H3. The van der Waals surface area contributed by atoms with Gasteiger partial charge in [-0.25, -0.2) is 0 Å². The molecule has 0 amide bonds. The van der Waals surface area contributed by atoms with Crippen molar-refractivity contribution in [3.05, 3.63) is 12.7 Å². The summed E-state index contributed by atoms with van der Waals surface area (Å²) in [5.41, 5.74) is -0.370. The van der Waals surface area contributed by atoms with Crippen molar-refractivity contribution in [1.82, 2.24) is 0 Å². The SMILES string of the molecule is C=CCS1(Cl)OCC(C(C)(C)OC)O1. The van der Waals surface area contributed by atoms with E-state index in [1.807, 2.05) is 13.8 Å². The van der Waals surface area contributed by atoms with Gasteiger partial charge in [0.15, 0.2) is 0 Å². The summed E-state index contributed by atoms with van der Waals surface area (Å²) < 4.78 is 16.4. The van der Waals surface area contributed by atoms with E-state index in [1.165, 1.54) is 0 Å². The molecule has 0 spiro atoms. The molecule has 0 aliphatic carbocycles. The molecule has 0 aromatic carbocycles. The molecule has 1 rings (SSSR count). The Kier molecular flexibility index (Phi) is 3.88. The number of hydrogen-bond acceptors (Lipinski definition) is 3. The van der Waals surface area contributed by atoms with E-state index in [1.54, 1.807) is 13.2 Å². The van der Waals surface area contributed by atoms with Gasteiger partial charge in [0.1, 0.15) is 12.7 Å². The lowest BCUT2D eigenvalue weighted by atomic mass is 10.0. The summed E-state index contributed by atoms with van der Waals surface area (Å²) in [7, 11) is 5.87. The first-order valence-electron chi connectivity index (χ1n) is 4.43. The first kappa shape index (κ1) is 12.3. The van der Waals surface area contributed by atoms with Gasteiger partial charge in [-0.1, -0.05) is 6.08 Å². The largest absolute Gasteiger partial charge is 0.376 e. The van der Waals surface area contributed by atoms with Crippen LogP contribution < -0.4 is 0 Å². The number of ether oxygens (including phenoxy) is 1. The normalized spacial score (nSPS) is 37.9. The summed E-state index contributed by atoms with van der Waals surface area (Å²) in [5.74, 6) is 0.546. The topological polar surface area (TPSA) is 27.7 Å². The fourth-order valence-corrected chi connectivity index (χ4v) is 3.23. The van der Waals surface area contributed by atoms with Crippen molar-refractivity contribution in [2.24, 2.45) is 0 Å². The highest BCUT2D eigenvalue weighted by Gasteiger charge is 2.41. The molecule has 0 aromatic heterocycles. The third-order valence-electron chi connectivity index (χ3n) is 2.27. The van der Waals surface area contributed by atoms with E-state index < -0.39 is 9.80 Å². The summed E-state index contributed by atoms with van der Waals surface area (Å²) in [6.07, 6.45) is 1.60. The summed E-state index contributed by atoms with van der Waals surface area (Å²) in [4.78, 5) is 0. The maximum atomic E-state index is 6.14. The second-order valence-corrected chi connectivity index (χ2v) is 6.92. The Morgan fingerprint density at radius 3 is 2.86 bits per heavy atom. The Morgan fingerprint density at radius 1 is 1.71 bits per heavy atom. The quantitative estimate of drug-likeness (QED) is 0.708. The van der Waals surface area contributed by atoms with E-state index in [9.17, 15) is 0 Å². The molecule has 1 aliphatic heterocycles. The molecule has 0 bridgehead atoms. The van der Waals surface area contributed by atoms with Gasteiger partial charge in [0.25, 0.3) is 0 Å². The second-order valence-electron chi connectivity index (χ2n) is 3.67. The summed E-state index contributed by atoms with van der Waals surface area (Å²) in [6, 6.07) is 0. The fraction of sp³-hybridized carbons (Fsp3) is 0.778. The van der Waals surface area contributed by atoms with E-state index in [2.05, 4.69) is 6.58 Å². The first-order chi connectivity index (χ1) is 6.43. The molecular weight excluding hydrogens is 224 g/mol. The second kappa shape index (κ2) is 4.41. The lowest BCUT2D eigenvalue weighted by Gasteiger charge is -2.32. The average molecular weight is 241 g/mol. The summed E-state index contributed by atoms with van der Waals surface area (Å²) in [6.45, 7) is 8.01. The minimum atomic E-state index is -1.92. The van der Waals surface area contributed by atoms with Crippen LogP contribution in [-0.4, -0.2) is 31.2 Å². The van der Waals surface area contributed by atoms with E-state index in [0.717, 1.165) is 0 Å². The average Bonchev–Trinajstić information content (AvgIpc) is 2.49. The summed E-state index contributed by atoms with van der Waals surface area (Å²) in [5, 5.41) is 0. The molecule has 0 saturated carbocycles. The molecule has 14 heavy (non-hydrogen) atoms. The molecule has 84 valence electrons. The van der Waals surface area contributed by atoms with Crippen LogP contribution in [0.25, 0.3) is 0 Å². The van der Waals surface area contributed by atoms with Crippen LogP contribution >= 0.6 is 20.5 Å². The number of halogens is 1. The highest BCUT2D eigenvalue weighted by Crippen LogP contribution is 2.61. The van der Waals surface area contributed by atoms with Crippen molar-refractivity contribution in [2.45, 2.75) is 25.6 Å². The molecule has 1 heterocycles. The van der Waals surface area contributed by atoms with Gasteiger partial charge in [-0.15, -0.1) is 16.4 Å². The Bertz CT molecular complexity index is 222. The van der Waals surface area contributed by atoms with Gasteiger partial charge >= 0.3 is 0 Å². The van der Waals surface area contributed by atoms with E-state index >= 15 is 0 Å². The molecule has 0 radical (unpaired) electrons. The smallest absolute Gasteiger partial charge is 0.137 e. The molecule has 2 atom stereocenters. The molecule has 3 nitrogen and oxygen atoms in total. The zero-order valence-electron chi connectivity index (χ0n) is 8.79. The van der Waals surface area contributed by atoms with Crippen molar-refractivity contribution < 1.29 is 13.1 Å². The molecule has 1 fully saturated rings. The van der Waals surface area contributed by atoms with Crippen LogP contribution in [0.4, 0.5) is 0 Å². The van der Waals surface area contributed by atoms with Gasteiger partial charge in [-0.3, -0.25) is 8.37 Å². The summed E-state index contributed by atoms with van der Waals surface area (Å²) >= 11 is 0. The van der Waals surface area contributed by atoms with Crippen LogP contribution in [0.5, 0.6) is 0 Å². The predicted octanol–water partition coefficient (Wildman–Crippen LogP) is 2.80. The predicted molar refractivity (Wildman–Crippen MR) is 60.4 cm³/mol. The lowest BCUT2D eigenvalue weighted by Crippen LogP contribution is -2.39. The van der Waals surface area contributed by atoms with Gasteiger partial charge < -0.3 is 4.74 Å². The van der Waals surface area contributed by atoms with Crippen LogP contribution in [0.1, 0.15) is 13.8 Å². The lowest BCUT2D eigenvalue weighted by molar-refractivity contribution is -0.0562. The fourth-order valence-electron chi connectivity index (χ4n) is 1.07. The molecular formula is C9H17ClO3S. The highest BCUT2D eigenvalue weighted by molar-refractivity contribution is 8.44. The molecule has 0 aromatic rings. The van der Waals surface area contributed by atoms with Gasteiger partial charge in [0, 0.05) is 17.8 Å². The van der Waals surface area contributed by atoms with Crippen molar-refractivity contribution in [2.75, 3.05) is 19.5 Å². The van der Waals surface area contributed by atoms with Gasteiger partial charge in [-0.2, -0.15) is 0 Å². The Morgan fingerprint density at radius 2 is 2.36 bits per heavy atom. The van der Waals surface area contributed by atoms with Crippen LogP contribution in [0.2, 0.25) is 0 Å². The minimum absolute atomic E-state index is 0.111. The highest BCUT2D eigenvalue weighted by atomic mass is 35.7. The van der Waals surface area contributed by atoms with Gasteiger partial charge in [0.05, 0.1) is 11.4 Å². The molecule has 2 unspecified atom stereocenters. The van der Waals surface area contributed by atoms with Crippen molar-refractivity contribution >= 4 is 20.5 Å². The van der Waals surface area contributed by atoms with E-state index in [0.29, 0.717) is 12.4 Å². The molecule has 1 saturated heterocycles. The van der Waals surface area contributed by atoms with E-state index in [-0.39, 0.29) is 11.7 Å². The first-order valence-corrected chi connectivity index (χ1v) is 6.90. The maximum Gasteiger partial charge on any atom is 0.137 e. The zero-order valence-corrected chi connectivity index (χ0v) is 10.4. The van der Waals surface area contributed by atoms with Gasteiger partial charge in [0.2, 0.25) is 0 Å².